The highest BCUT2D eigenvalue weighted by Crippen LogP contribution is 2.29. The van der Waals surface area contributed by atoms with E-state index < -0.39 is 0 Å². The number of halogens is 2. The van der Waals surface area contributed by atoms with Gasteiger partial charge in [-0.15, -0.1) is 0 Å². The van der Waals surface area contributed by atoms with Crippen molar-refractivity contribution in [3.8, 4) is 0 Å². The summed E-state index contributed by atoms with van der Waals surface area (Å²) in [5.74, 6) is 0.884. The molecule has 1 aliphatic rings. The summed E-state index contributed by atoms with van der Waals surface area (Å²) in [7, 11) is 0. The molecule has 1 aliphatic heterocycles. The molecule has 0 aliphatic carbocycles. The van der Waals surface area contributed by atoms with Crippen LogP contribution in [0.4, 0.5) is 5.82 Å². The van der Waals surface area contributed by atoms with Gasteiger partial charge in [-0.25, -0.2) is 9.97 Å². The first kappa shape index (κ1) is 14.8. The highest BCUT2D eigenvalue weighted by molar-refractivity contribution is 9.10. The van der Waals surface area contributed by atoms with E-state index in [1.54, 1.807) is 0 Å². The largest absolute Gasteiger partial charge is 0.353 e. The maximum atomic E-state index is 6.03. The molecule has 0 N–H and O–H groups in total. The molecule has 0 atom stereocenters. The van der Waals surface area contributed by atoms with Gasteiger partial charge < -0.3 is 4.90 Å². The van der Waals surface area contributed by atoms with Crippen molar-refractivity contribution in [2.75, 3.05) is 31.1 Å². The molecular weight excluding hydrogens is 352 g/mol. The van der Waals surface area contributed by atoms with Gasteiger partial charge in [0, 0.05) is 32.7 Å². The average Bonchev–Trinajstić information content (AvgIpc) is 2.52. The van der Waals surface area contributed by atoms with Crippen LogP contribution < -0.4 is 4.90 Å². The summed E-state index contributed by atoms with van der Waals surface area (Å²) in [4.78, 5) is 13.0. The molecule has 4 nitrogen and oxygen atoms in total. The van der Waals surface area contributed by atoms with Crippen LogP contribution in [-0.2, 0) is 6.54 Å². The normalized spacial score (nSPS) is 16.2. The number of hydrogen-bond acceptors (Lipinski definition) is 4. The quantitative estimate of drug-likeness (QED) is 0.780. The van der Waals surface area contributed by atoms with E-state index in [9.17, 15) is 0 Å². The Balaban J connectivity index is 1.61. The summed E-state index contributed by atoms with van der Waals surface area (Å²) in [5, 5.41) is 0.465. The first-order valence-corrected chi connectivity index (χ1v) is 8.08. The minimum atomic E-state index is 0.465. The molecule has 0 saturated carbocycles. The van der Waals surface area contributed by atoms with Gasteiger partial charge in [0.05, 0.1) is 4.47 Å². The molecule has 0 bridgehead atoms. The zero-order valence-electron chi connectivity index (χ0n) is 11.5. The van der Waals surface area contributed by atoms with Crippen LogP contribution >= 0.6 is 27.5 Å². The number of benzene rings is 1. The predicted octanol–water partition coefficient (Wildman–Crippen LogP) is 3.21. The van der Waals surface area contributed by atoms with Crippen molar-refractivity contribution in [2.24, 2.45) is 0 Å². The van der Waals surface area contributed by atoms with Crippen LogP contribution in [0.15, 0.2) is 41.1 Å². The average molecular weight is 368 g/mol. The Morgan fingerprint density at radius 1 is 1.05 bits per heavy atom. The molecule has 0 radical (unpaired) electrons. The molecule has 1 fully saturated rings. The van der Waals surface area contributed by atoms with E-state index in [1.165, 1.54) is 11.9 Å². The highest BCUT2D eigenvalue weighted by Gasteiger charge is 2.20. The lowest BCUT2D eigenvalue weighted by Gasteiger charge is -2.35. The highest BCUT2D eigenvalue weighted by atomic mass is 79.9. The maximum Gasteiger partial charge on any atom is 0.148 e. The predicted molar refractivity (Wildman–Crippen MR) is 88.7 cm³/mol. The van der Waals surface area contributed by atoms with E-state index in [4.69, 9.17) is 11.6 Å². The van der Waals surface area contributed by atoms with Gasteiger partial charge in [0.1, 0.15) is 17.3 Å². The molecule has 2 aromatic rings. The van der Waals surface area contributed by atoms with Crippen molar-refractivity contribution in [2.45, 2.75) is 6.54 Å². The SMILES string of the molecule is Clc1ncnc(N2CCN(Cc3ccccc3)CC2)c1Br. The second-order valence-corrected chi connectivity index (χ2v) is 6.20. The van der Waals surface area contributed by atoms with E-state index in [1.807, 2.05) is 0 Å². The molecule has 21 heavy (non-hydrogen) atoms. The number of hydrogen-bond donors (Lipinski definition) is 0. The molecule has 2 heterocycles. The zero-order chi connectivity index (χ0) is 14.7. The van der Waals surface area contributed by atoms with Crippen LogP contribution in [0.25, 0.3) is 0 Å². The molecule has 1 saturated heterocycles. The van der Waals surface area contributed by atoms with Crippen LogP contribution in [-0.4, -0.2) is 41.0 Å². The van der Waals surface area contributed by atoms with E-state index in [0.717, 1.165) is 43.0 Å². The molecule has 0 unspecified atom stereocenters. The summed E-state index contributed by atoms with van der Waals surface area (Å²) in [6.07, 6.45) is 1.51. The van der Waals surface area contributed by atoms with Gasteiger partial charge in [0.2, 0.25) is 0 Å². The lowest BCUT2D eigenvalue weighted by molar-refractivity contribution is 0.249. The van der Waals surface area contributed by atoms with Gasteiger partial charge >= 0.3 is 0 Å². The molecule has 1 aromatic carbocycles. The van der Waals surface area contributed by atoms with Crippen LogP contribution in [0, 0.1) is 0 Å². The lowest BCUT2D eigenvalue weighted by Crippen LogP contribution is -2.46. The summed E-state index contributed by atoms with van der Waals surface area (Å²) in [6.45, 7) is 4.92. The second-order valence-electron chi connectivity index (χ2n) is 5.05. The molecule has 0 amide bonds. The minimum absolute atomic E-state index is 0.465. The fourth-order valence-corrected chi connectivity index (χ4v) is 3.10. The molecule has 3 rings (SSSR count). The smallest absolute Gasteiger partial charge is 0.148 e. The maximum absolute atomic E-state index is 6.03. The summed E-state index contributed by atoms with van der Waals surface area (Å²) in [5.41, 5.74) is 1.36. The molecule has 110 valence electrons. The van der Waals surface area contributed by atoms with Crippen molar-refractivity contribution in [1.82, 2.24) is 14.9 Å². The van der Waals surface area contributed by atoms with Crippen molar-refractivity contribution in [3.05, 3.63) is 51.8 Å². The topological polar surface area (TPSA) is 32.3 Å². The van der Waals surface area contributed by atoms with Crippen LogP contribution in [0.5, 0.6) is 0 Å². The van der Waals surface area contributed by atoms with Gasteiger partial charge in [-0.05, 0) is 21.5 Å². The van der Waals surface area contributed by atoms with Gasteiger partial charge in [-0.3, -0.25) is 4.90 Å². The Hall–Kier alpha value is -1.17. The van der Waals surface area contributed by atoms with Gasteiger partial charge in [-0.2, -0.15) is 0 Å². The van der Waals surface area contributed by atoms with Crippen molar-refractivity contribution in [3.63, 3.8) is 0 Å². The van der Waals surface area contributed by atoms with E-state index >= 15 is 0 Å². The standard InChI is InChI=1S/C15H16BrClN4/c16-13-14(17)18-11-19-15(13)21-8-6-20(7-9-21)10-12-4-2-1-3-5-12/h1-5,11H,6-10H2. The third-order valence-electron chi connectivity index (χ3n) is 3.65. The van der Waals surface area contributed by atoms with Crippen LogP contribution in [0.3, 0.4) is 0 Å². The van der Waals surface area contributed by atoms with E-state index in [0.29, 0.717) is 5.15 Å². The first-order valence-electron chi connectivity index (χ1n) is 6.91. The van der Waals surface area contributed by atoms with Crippen molar-refractivity contribution < 1.29 is 0 Å². The molecule has 6 heteroatoms. The van der Waals surface area contributed by atoms with E-state index in [-0.39, 0.29) is 0 Å². The number of piperazine rings is 1. The van der Waals surface area contributed by atoms with Gasteiger partial charge in [0.25, 0.3) is 0 Å². The Labute approximate surface area is 137 Å². The third kappa shape index (κ3) is 3.54. The van der Waals surface area contributed by atoms with Crippen molar-refractivity contribution in [1.29, 1.82) is 0 Å². The fraction of sp³-hybridized carbons (Fsp3) is 0.333. The fourth-order valence-electron chi connectivity index (χ4n) is 2.52. The monoisotopic (exact) mass is 366 g/mol. The summed E-state index contributed by atoms with van der Waals surface area (Å²) < 4.78 is 0.781. The molecule has 1 aromatic heterocycles. The van der Waals surface area contributed by atoms with Crippen LogP contribution in [0.1, 0.15) is 5.56 Å². The Kier molecular flexibility index (Phi) is 4.73. The Morgan fingerprint density at radius 2 is 1.76 bits per heavy atom. The number of anilines is 1. The first-order chi connectivity index (χ1) is 10.2. The number of rotatable bonds is 3. The third-order valence-corrected chi connectivity index (χ3v) is 4.89. The van der Waals surface area contributed by atoms with Crippen molar-refractivity contribution >= 4 is 33.3 Å². The van der Waals surface area contributed by atoms with Gasteiger partial charge in [-0.1, -0.05) is 41.9 Å². The zero-order valence-corrected chi connectivity index (χ0v) is 13.9. The Morgan fingerprint density at radius 3 is 2.48 bits per heavy atom. The van der Waals surface area contributed by atoms with E-state index in [2.05, 4.69) is 66.0 Å². The minimum Gasteiger partial charge on any atom is -0.353 e. The lowest BCUT2D eigenvalue weighted by atomic mass is 10.2. The molecule has 0 spiro atoms. The van der Waals surface area contributed by atoms with Gasteiger partial charge in [0.15, 0.2) is 0 Å². The summed E-state index contributed by atoms with van der Waals surface area (Å²) in [6, 6.07) is 10.6. The number of aromatic nitrogens is 2. The summed E-state index contributed by atoms with van der Waals surface area (Å²) >= 11 is 9.51. The Bertz CT molecular complexity index is 600. The number of nitrogens with zero attached hydrogens (tertiary/aromatic N) is 4. The van der Waals surface area contributed by atoms with Crippen LogP contribution in [0.2, 0.25) is 5.15 Å². The second kappa shape index (κ2) is 6.73. The molecular formula is C15H16BrClN4.